The molecule has 3 aromatic rings. The Hall–Kier alpha value is -3.20. The number of carbonyl (C=O) groups is 2. The zero-order valence-electron chi connectivity index (χ0n) is 13.1. The molecule has 0 saturated heterocycles. The molecule has 24 heavy (non-hydrogen) atoms. The van der Waals surface area contributed by atoms with Crippen molar-refractivity contribution < 1.29 is 9.59 Å². The predicted octanol–water partition coefficient (Wildman–Crippen LogP) is 3.88. The van der Waals surface area contributed by atoms with Crippen molar-refractivity contribution in [3.63, 3.8) is 0 Å². The lowest BCUT2D eigenvalue weighted by atomic mass is 9.98. The Labute approximate surface area is 140 Å². The van der Waals surface area contributed by atoms with Gasteiger partial charge in [-0.1, -0.05) is 66.7 Å². The van der Waals surface area contributed by atoms with Crippen LogP contribution in [0, 0.1) is 0 Å². The van der Waals surface area contributed by atoms with Crippen LogP contribution in [-0.2, 0) is 6.42 Å². The summed E-state index contributed by atoms with van der Waals surface area (Å²) < 4.78 is 0. The molecule has 0 spiro atoms. The van der Waals surface area contributed by atoms with Crippen LogP contribution in [0.3, 0.4) is 0 Å². The van der Waals surface area contributed by atoms with Gasteiger partial charge in [-0.3, -0.25) is 9.59 Å². The molecule has 0 aliphatic heterocycles. The third-order valence-corrected chi connectivity index (χ3v) is 3.89. The third-order valence-electron chi connectivity index (χ3n) is 3.89. The first kappa shape index (κ1) is 15.7. The summed E-state index contributed by atoms with van der Waals surface area (Å²) >= 11 is 0. The Morgan fingerprint density at radius 2 is 1.38 bits per heavy atom. The van der Waals surface area contributed by atoms with Gasteiger partial charge in [0.1, 0.15) is 0 Å². The molecule has 1 amide bonds. The van der Waals surface area contributed by atoms with E-state index < -0.39 is 5.91 Å². The molecule has 0 heterocycles. The smallest absolute Gasteiger partial charge is 0.248 e. The minimum Gasteiger partial charge on any atom is -0.366 e. The highest BCUT2D eigenvalue weighted by Crippen LogP contribution is 2.20. The summed E-state index contributed by atoms with van der Waals surface area (Å²) in [6, 6.07) is 24.4. The number of amides is 1. The van der Waals surface area contributed by atoms with E-state index >= 15 is 0 Å². The van der Waals surface area contributed by atoms with Crippen molar-refractivity contribution >= 4 is 11.7 Å². The average Bonchev–Trinajstić information content (AvgIpc) is 2.63. The van der Waals surface area contributed by atoms with Crippen molar-refractivity contribution in [1.82, 2.24) is 0 Å². The molecule has 0 saturated carbocycles. The quantitative estimate of drug-likeness (QED) is 0.726. The second kappa shape index (κ2) is 6.92. The maximum atomic E-state index is 12.4. The van der Waals surface area contributed by atoms with E-state index in [4.69, 9.17) is 5.73 Å². The predicted molar refractivity (Wildman–Crippen MR) is 94.9 cm³/mol. The molecule has 3 aromatic carbocycles. The number of benzene rings is 3. The topological polar surface area (TPSA) is 60.2 Å². The first-order valence-electron chi connectivity index (χ1n) is 7.71. The van der Waals surface area contributed by atoms with Crippen molar-refractivity contribution in [2.24, 2.45) is 5.73 Å². The minimum atomic E-state index is -0.489. The van der Waals surface area contributed by atoms with Crippen molar-refractivity contribution in [3.05, 3.63) is 95.6 Å². The standard InChI is InChI=1S/C21H17NO2/c22-21(24)19-8-4-5-15(13-19)14-20(23)18-11-9-17(10-12-18)16-6-2-1-3-7-16/h1-13H,14H2,(H2,22,24). The number of primary amides is 1. The van der Waals surface area contributed by atoms with Gasteiger partial charge in [0.15, 0.2) is 5.78 Å². The van der Waals surface area contributed by atoms with Gasteiger partial charge in [-0.25, -0.2) is 0 Å². The summed E-state index contributed by atoms with van der Waals surface area (Å²) in [6.45, 7) is 0. The number of nitrogens with two attached hydrogens (primary N) is 1. The summed E-state index contributed by atoms with van der Waals surface area (Å²) in [5, 5.41) is 0. The molecule has 0 atom stereocenters. The van der Waals surface area contributed by atoms with E-state index in [-0.39, 0.29) is 12.2 Å². The Kier molecular flexibility index (Phi) is 4.52. The summed E-state index contributed by atoms with van der Waals surface area (Å²) in [6.07, 6.45) is 0.242. The van der Waals surface area contributed by atoms with Gasteiger partial charge in [0, 0.05) is 17.5 Å². The Morgan fingerprint density at radius 3 is 2.04 bits per heavy atom. The number of hydrogen-bond donors (Lipinski definition) is 1. The monoisotopic (exact) mass is 315 g/mol. The average molecular weight is 315 g/mol. The number of rotatable bonds is 5. The lowest BCUT2D eigenvalue weighted by Crippen LogP contribution is -2.11. The zero-order valence-corrected chi connectivity index (χ0v) is 13.1. The fourth-order valence-electron chi connectivity index (χ4n) is 2.60. The van der Waals surface area contributed by atoms with Crippen molar-refractivity contribution in [3.8, 4) is 11.1 Å². The second-order valence-corrected chi connectivity index (χ2v) is 5.61. The SMILES string of the molecule is NC(=O)c1cccc(CC(=O)c2ccc(-c3ccccc3)cc2)c1. The van der Waals surface area contributed by atoms with Crippen molar-refractivity contribution in [2.75, 3.05) is 0 Å². The van der Waals surface area contributed by atoms with E-state index in [1.165, 1.54) is 0 Å². The van der Waals surface area contributed by atoms with Crippen LogP contribution in [0.4, 0.5) is 0 Å². The molecule has 0 aliphatic carbocycles. The highest BCUT2D eigenvalue weighted by atomic mass is 16.1. The fraction of sp³-hybridized carbons (Fsp3) is 0.0476. The highest BCUT2D eigenvalue weighted by Gasteiger charge is 2.09. The summed E-state index contributed by atoms with van der Waals surface area (Å²) in [5.74, 6) is -0.479. The fourth-order valence-corrected chi connectivity index (χ4v) is 2.60. The lowest BCUT2D eigenvalue weighted by Gasteiger charge is -2.05. The Morgan fingerprint density at radius 1 is 0.708 bits per heavy atom. The number of carbonyl (C=O) groups excluding carboxylic acids is 2. The van der Waals surface area contributed by atoms with Crippen molar-refractivity contribution in [2.45, 2.75) is 6.42 Å². The molecule has 118 valence electrons. The third kappa shape index (κ3) is 3.58. The van der Waals surface area contributed by atoms with E-state index in [9.17, 15) is 9.59 Å². The van der Waals surface area contributed by atoms with E-state index in [0.717, 1.165) is 16.7 Å². The molecule has 0 radical (unpaired) electrons. The van der Waals surface area contributed by atoms with Gasteiger partial charge < -0.3 is 5.73 Å². The van der Waals surface area contributed by atoms with Gasteiger partial charge in [0.05, 0.1) is 0 Å². The molecule has 0 unspecified atom stereocenters. The number of Topliss-reactive ketones (excluding diaryl/α,β-unsaturated/α-hetero) is 1. The van der Waals surface area contributed by atoms with E-state index in [1.807, 2.05) is 60.7 Å². The molecule has 0 fully saturated rings. The molecule has 3 nitrogen and oxygen atoms in total. The van der Waals surface area contributed by atoms with Crippen LogP contribution in [-0.4, -0.2) is 11.7 Å². The first-order chi connectivity index (χ1) is 11.6. The largest absolute Gasteiger partial charge is 0.366 e. The van der Waals surface area contributed by atoms with Gasteiger partial charge >= 0.3 is 0 Å². The maximum Gasteiger partial charge on any atom is 0.248 e. The van der Waals surface area contributed by atoms with Crippen molar-refractivity contribution in [1.29, 1.82) is 0 Å². The van der Waals surface area contributed by atoms with E-state index in [1.54, 1.807) is 18.2 Å². The van der Waals surface area contributed by atoms with Crippen LogP contribution in [0.5, 0.6) is 0 Å². The van der Waals surface area contributed by atoms with Crippen LogP contribution in [0.2, 0.25) is 0 Å². The molecule has 2 N–H and O–H groups in total. The maximum absolute atomic E-state index is 12.4. The molecule has 3 heteroatoms. The summed E-state index contributed by atoms with van der Waals surface area (Å²) in [7, 11) is 0. The van der Waals surface area contributed by atoms with Gasteiger partial charge in [-0.15, -0.1) is 0 Å². The lowest BCUT2D eigenvalue weighted by molar-refractivity contribution is 0.0984. The molecular formula is C21H17NO2. The van der Waals surface area contributed by atoms with E-state index in [0.29, 0.717) is 11.1 Å². The van der Waals surface area contributed by atoms with Crippen LogP contribution in [0.1, 0.15) is 26.3 Å². The second-order valence-electron chi connectivity index (χ2n) is 5.61. The molecule has 0 bridgehead atoms. The first-order valence-corrected chi connectivity index (χ1v) is 7.71. The van der Waals surface area contributed by atoms with Crippen LogP contribution < -0.4 is 5.73 Å². The van der Waals surface area contributed by atoms with E-state index in [2.05, 4.69) is 0 Å². The Bertz CT molecular complexity index is 868. The number of ketones is 1. The molecule has 3 rings (SSSR count). The van der Waals surface area contributed by atoms with Gasteiger partial charge in [0.25, 0.3) is 0 Å². The summed E-state index contributed by atoms with van der Waals surface area (Å²) in [4.78, 5) is 23.6. The molecule has 0 aliphatic rings. The molecule has 0 aromatic heterocycles. The summed E-state index contributed by atoms with van der Waals surface area (Å²) in [5.41, 5.74) is 9.31. The van der Waals surface area contributed by atoms with Gasteiger partial charge in [-0.2, -0.15) is 0 Å². The molecular weight excluding hydrogens is 298 g/mol. The van der Waals surface area contributed by atoms with Gasteiger partial charge in [0.2, 0.25) is 5.91 Å². The van der Waals surface area contributed by atoms with Crippen LogP contribution in [0.25, 0.3) is 11.1 Å². The highest BCUT2D eigenvalue weighted by molar-refractivity contribution is 5.98. The minimum absolute atomic E-state index is 0.0104. The normalized spacial score (nSPS) is 10.3. The number of hydrogen-bond acceptors (Lipinski definition) is 2. The van der Waals surface area contributed by atoms with Gasteiger partial charge in [-0.05, 0) is 28.8 Å². The van der Waals surface area contributed by atoms with Crippen LogP contribution >= 0.6 is 0 Å². The Balaban J connectivity index is 1.76. The van der Waals surface area contributed by atoms with Crippen LogP contribution in [0.15, 0.2) is 78.9 Å². The zero-order chi connectivity index (χ0) is 16.9.